The van der Waals surface area contributed by atoms with Crippen LogP contribution in [0.3, 0.4) is 0 Å². The number of anilines is 1. The maximum atomic E-state index is 13.1. The lowest BCUT2D eigenvalue weighted by Gasteiger charge is -2.46. The number of ether oxygens (including phenoxy) is 5. The van der Waals surface area contributed by atoms with E-state index in [0.717, 1.165) is 10.8 Å². The average molecular weight is 906 g/mol. The number of nitrogens with two attached hydrogens (primary N) is 2. The van der Waals surface area contributed by atoms with Crippen LogP contribution in [0.25, 0.3) is 0 Å². The molecule has 3 heterocycles. The third-order valence-corrected chi connectivity index (χ3v) is 9.72. The minimum absolute atomic E-state index is 0.0723. The first-order valence-electron chi connectivity index (χ1n) is 18.3. The second-order valence-electron chi connectivity index (χ2n) is 13.2. The first-order chi connectivity index (χ1) is 28.8. The van der Waals surface area contributed by atoms with Crippen molar-refractivity contribution in [3.05, 3.63) is 22.7 Å². The third kappa shape index (κ3) is 15.8. The fourth-order valence-electron chi connectivity index (χ4n) is 5.68. The van der Waals surface area contributed by atoms with Crippen LogP contribution in [-0.4, -0.2) is 201 Å². The topological polar surface area (TPSA) is 444 Å². The molecule has 3 amide bonds. The van der Waals surface area contributed by atoms with E-state index in [2.05, 4.69) is 25.8 Å². The Morgan fingerprint density at radius 3 is 2.28 bits per heavy atom. The van der Waals surface area contributed by atoms with E-state index in [9.17, 15) is 69.2 Å². The molecule has 2 aliphatic rings. The normalized spacial score (nSPS) is 27.1. The van der Waals surface area contributed by atoms with Crippen LogP contribution in [0.4, 0.5) is 5.82 Å². The number of carboxylic acid groups (broad SMARTS) is 1. The lowest BCUT2D eigenvalue weighted by Crippen LogP contribution is -2.68. The predicted molar refractivity (Wildman–Crippen MR) is 196 cm³/mol. The van der Waals surface area contributed by atoms with E-state index in [0.29, 0.717) is 0 Å². The number of carbonyl (C=O) groups excluding carboxylic acids is 3. The van der Waals surface area contributed by atoms with Crippen molar-refractivity contribution in [2.24, 2.45) is 5.90 Å². The molecule has 0 aromatic carbocycles. The molecule has 348 valence electrons. The third-order valence-electron chi connectivity index (χ3n) is 8.72. The van der Waals surface area contributed by atoms with Crippen LogP contribution in [0, 0.1) is 0 Å². The van der Waals surface area contributed by atoms with Gasteiger partial charge in [0.05, 0.1) is 71.5 Å². The highest BCUT2D eigenvalue weighted by atomic mass is 31.2. The molecule has 0 aliphatic carbocycles. The molecule has 1 aromatic heterocycles. The van der Waals surface area contributed by atoms with Crippen LogP contribution in [-0.2, 0) is 61.3 Å². The first-order valence-corrected chi connectivity index (χ1v) is 19.8. The highest BCUT2D eigenvalue weighted by molar-refractivity contribution is 7.47. The van der Waals surface area contributed by atoms with Crippen LogP contribution < -0.4 is 33.3 Å². The van der Waals surface area contributed by atoms with E-state index in [1.807, 2.05) is 0 Å². The standard InChI is InChI=1S/C31H52N7O22P/c32-19-1-4-38(30(50)36-19)28-26(47)25(46)18(58-28)14-57-61(51,52)60-31(29(48)49)11-16(40)23(27(59-31)24(45)17(41)13-39)37-21(43)12-35-20(42)2-5-53-7-9-55-10-8-54-6-3-34-22(44)15-56-33/h1,4,16-18,23-28,39-41,45-47H,2-3,5-15,33H2,(H,34,44)(H,35,42)(H,37,43)(H,48,49)(H,51,52)(H2,32,36,50)/t16-,17-,18-,23-,24-,25?,26+,27?,28-,31-/m1/s1. The van der Waals surface area contributed by atoms with Gasteiger partial charge in [-0.1, -0.05) is 0 Å². The Kier molecular flexibility index (Phi) is 20.9. The Labute approximate surface area is 345 Å². The Bertz CT molecular complexity index is 1700. The minimum atomic E-state index is -5.65. The summed E-state index contributed by atoms with van der Waals surface area (Å²) in [6.07, 6.45) is -15.9. The Hall–Kier alpha value is -3.85. The number of aliphatic hydroxyl groups excluding tert-OH is 6. The van der Waals surface area contributed by atoms with Crippen molar-refractivity contribution in [1.29, 1.82) is 0 Å². The number of hydrogen-bond donors (Lipinski definition) is 13. The van der Waals surface area contributed by atoms with E-state index in [-0.39, 0.29) is 65.0 Å². The van der Waals surface area contributed by atoms with E-state index in [1.165, 1.54) is 6.07 Å². The number of carbonyl (C=O) groups is 4. The lowest BCUT2D eigenvalue weighted by molar-refractivity contribution is -0.289. The zero-order chi connectivity index (χ0) is 45.3. The summed E-state index contributed by atoms with van der Waals surface area (Å²) in [6.45, 7) is -2.07. The second-order valence-corrected chi connectivity index (χ2v) is 14.6. The van der Waals surface area contributed by atoms with Crippen LogP contribution in [0.15, 0.2) is 17.1 Å². The van der Waals surface area contributed by atoms with Crippen molar-refractivity contribution in [2.75, 3.05) is 78.3 Å². The van der Waals surface area contributed by atoms with E-state index in [1.54, 1.807) is 0 Å². The fourth-order valence-corrected chi connectivity index (χ4v) is 6.64. The number of amides is 3. The quantitative estimate of drug-likeness (QED) is 0.0221. The number of nitrogen functional groups attached to an aromatic ring is 1. The molecule has 11 atom stereocenters. The van der Waals surface area contributed by atoms with Crippen LogP contribution >= 0.6 is 7.82 Å². The van der Waals surface area contributed by atoms with Gasteiger partial charge in [-0.25, -0.2) is 24.6 Å². The molecular weight excluding hydrogens is 853 g/mol. The fraction of sp³-hybridized carbons (Fsp3) is 0.742. The van der Waals surface area contributed by atoms with Gasteiger partial charge in [0.1, 0.15) is 49.0 Å². The monoisotopic (exact) mass is 905 g/mol. The highest BCUT2D eigenvalue weighted by Gasteiger charge is 2.59. The lowest BCUT2D eigenvalue weighted by atomic mass is 9.88. The van der Waals surface area contributed by atoms with E-state index < -0.39 is 124 Å². The number of aromatic nitrogens is 2. The van der Waals surface area contributed by atoms with Crippen molar-refractivity contribution in [2.45, 2.75) is 73.6 Å². The summed E-state index contributed by atoms with van der Waals surface area (Å²) >= 11 is 0. The number of rotatable bonds is 27. The summed E-state index contributed by atoms with van der Waals surface area (Å²) in [5, 5.41) is 79.4. The summed E-state index contributed by atoms with van der Waals surface area (Å²) in [4.78, 5) is 79.2. The predicted octanol–water partition coefficient (Wildman–Crippen LogP) is -7.73. The number of carboxylic acids is 1. The van der Waals surface area contributed by atoms with Gasteiger partial charge in [0.25, 0.3) is 5.79 Å². The summed E-state index contributed by atoms with van der Waals surface area (Å²) in [5.41, 5.74) is 4.47. The number of aliphatic carboxylic acids is 1. The van der Waals surface area contributed by atoms with E-state index in [4.69, 9.17) is 44.4 Å². The minimum Gasteiger partial charge on any atom is -0.477 e. The van der Waals surface area contributed by atoms with Gasteiger partial charge in [0.2, 0.25) is 17.7 Å². The van der Waals surface area contributed by atoms with Gasteiger partial charge in [-0.3, -0.25) is 28.3 Å². The number of aliphatic hydroxyl groups is 6. The van der Waals surface area contributed by atoms with Gasteiger partial charge in [-0.15, -0.1) is 0 Å². The Morgan fingerprint density at radius 1 is 1.00 bits per heavy atom. The molecule has 15 N–H and O–H groups in total. The van der Waals surface area contributed by atoms with Crippen molar-refractivity contribution < 1.29 is 102 Å². The van der Waals surface area contributed by atoms with Gasteiger partial charge >= 0.3 is 19.5 Å². The first kappa shape index (κ1) is 51.5. The molecule has 61 heavy (non-hydrogen) atoms. The molecule has 0 saturated carbocycles. The number of nitrogens with one attached hydrogen (secondary N) is 3. The van der Waals surface area contributed by atoms with Crippen LogP contribution in [0.1, 0.15) is 19.1 Å². The summed E-state index contributed by atoms with van der Waals surface area (Å²) in [7, 11) is -5.65. The number of nitrogens with zero attached hydrogens (tertiary/aromatic N) is 2. The van der Waals surface area contributed by atoms with E-state index >= 15 is 0 Å². The summed E-state index contributed by atoms with van der Waals surface area (Å²) < 4.78 is 50.2. The Morgan fingerprint density at radius 2 is 1.66 bits per heavy atom. The average Bonchev–Trinajstić information content (AvgIpc) is 3.48. The SMILES string of the molecule is NOCC(=O)NCCOCCOCCOCCC(=O)NCC(=O)N[C@H]1C([C@H](O)[C@H](O)CO)O[C@](OP(=O)(O)OC[C@H]2O[C@@H](n3ccc(N)nc3=O)[C@@H](O)C2O)(C(=O)O)C[C@H]1O. The van der Waals surface area contributed by atoms with Crippen molar-refractivity contribution in [1.82, 2.24) is 25.5 Å². The molecule has 2 aliphatic heterocycles. The molecule has 1 aromatic rings. The summed E-state index contributed by atoms with van der Waals surface area (Å²) in [5.74, 6) is -2.96. The maximum Gasteiger partial charge on any atom is 0.475 e. The second kappa shape index (κ2) is 24.7. The van der Waals surface area contributed by atoms with Gasteiger partial charge in [-0.2, -0.15) is 4.98 Å². The van der Waals surface area contributed by atoms with Gasteiger partial charge < -0.3 is 86.0 Å². The van der Waals surface area contributed by atoms with Gasteiger partial charge in [0.15, 0.2) is 6.23 Å². The zero-order valence-corrected chi connectivity index (χ0v) is 33.2. The zero-order valence-electron chi connectivity index (χ0n) is 32.3. The molecule has 3 rings (SSSR count). The maximum absolute atomic E-state index is 13.1. The molecule has 0 radical (unpaired) electrons. The molecule has 2 saturated heterocycles. The molecule has 0 spiro atoms. The van der Waals surface area contributed by atoms with Crippen molar-refractivity contribution in [3.63, 3.8) is 0 Å². The largest absolute Gasteiger partial charge is 0.477 e. The molecular formula is C31H52N7O22P. The summed E-state index contributed by atoms with van der Waals surface area (Å²) in [6, 6.07) is -0.615. The molecule has 0 bridgehead atoms. The molecule has 3 unspecified atom stereocenters. The highest BCUT2D eigenvalue weighted by Crippen LogP contribution is 2.51. The van der Waals surface area contributed by atoms with Gasteiger partial charge in [0, 0.05) is 25.6 Å². The smallest absolute Gasteiger partial charge is 0.475 e. The Balaban J connectivity index is 1.50. The van der Waals surface area contributed by atoms with Crippen LogP contribution in [0.2, 0.25) is 0 Å². The number of phosphoric ester groups is 1. The van der Waals surface area contributed by atoms with Crippen molar-refractivity contribution >= 4 is 37.3 Å². The molecule has 29 nitrogen and oxygen atoms in total. The number of phosphoric acid groups is 1. The van der Waals surface area contributed by atoms with Crippen LogP contribution in [0.5, 0.6) is 0 Å². The molecule has 2 fully saturated rings. The molecule has 30 heteroatoms. The van der Waals surface area contributed by atoms with Gasteiger partial charge in [-0.05, 0) is 6.07 Å². The number of hydrogen-bond acceptors (Lipinski definition) is 23. The van der Waals surface area contributed by atoms with Crippen molar-refractivity contribution in [3.8, 4) is 0 Å².